The lowest BCUT2D eigenvalue weighted by atomic mass is 9.88. The molecule has 1 heterocycles. The fourth-order valence-corrected chi connectivity index (χ4v) is 2.42. The van der Waals surface area contributed by atoms with Crippen LogP contribution in [0.3, 0.4) is 0 Å². The summed E-state index contributed by atoms with van der Waals surface area (Å²) < 4.78 is 35.2. The van der Waals surface area contributed by atoms with E-state index < -0.39 is 6.61 Å². The number of nitrogens with one attached hydrogen (secondary N) is 2. The summed E-state index contributed by atoms with van der Waals surface area (Å²) in [4.78, 5) is 12.1. The molecule has 2 N–H and O–H groups in total. The molecule has 1 aromatic carbocycles. The zero-order valence-electron chi connectivity index (χ0n) is 14.4. The molecule has 1 atom stereocenters. The van der Waals surface area contributed by atoms with Crippen LogP contribution in [0.4, 0.5) is 8.78 Å². The Bertz CT molecular complexity index is 557. The molecule has 0 aliphatic carbocycles. The minimum Gasteiger partial charge on any atom is -0.493 e. The van der Waals surface area contributed by atoms with Gasteiger partial charge < -0.3 is 20.1 Å². The number of halogens is 3. The Morgan fingerprint density at radius 3 is 2.68 bits per heavy atom. The largest absolute Gasteiger partial charge is 0.493 e. The molecule has 2 rings (SSSR count). The maximum atomic E-state index is 12.6. The van der Waals surface area contributed by atoms with Gasteiger partial charge in [-0.25, -0.2) is 0 Å². The number of hydrogen-bond donors (Lipinski definition) is 2. The number of ether oxygens (including phenoxy) is 2. The Kier molecular flexibility index (Phi) is 8.92. The molecule has 25 heavy (non-hydrogen) atoms. The number of alkyl halides is 2. The van der Waals surface area contributed by atoms with Gasteiger partial charge in [-0.15, -0.1) is 12.4 Å². The van der Waals surface area contributed by atoms with Crippen molar-refractivity contribution in [2.75, 3.05) is 19.7 Å². The SMILES string of the molecule is CCCOc1ccc(CNC(=O)C(C)C2CNC2)c(OC(F)F)c1.Cl. The van der Waals surface area contributed by atoms with E-state index in [-0.39, 0.29) is 36.5 Å². The van der Waals surface area contributed by atoms with Crippen LogP contribution in [0.25, 0.3) is 0 Å². The average Bonchev–Trinajstić information content (AvgIpc) is 2.49. The number of amides is 1. The summed E-state index contributed by atoms with van der Waals surface area (Å²) in [6.07, 6.45) is 0.816. The van der Waals surface area contributed by atoms with Crippen molar-refractivity contribution in [3.63, 3.8) is 0 Å². The number of hydrogen-bond acceptors (Lipinski definition) is 4. The van der Waals surface area contributed by atoms with Gasteiger partial charge in [0.2, 0.25) is 5.91 Å². The predicted molar refractivity (Wildman–Crippen MR) is 93.5 cm³/mol. The standard InChI is InChI=1S/C17H24F2N2O3.ClH/c1-3-6-23-14-5-4-12(15(7-14)24-17(18)19)10-21-16(22)11(2)13-8-20-9-13;/h4-5,7,11,13,17,20H,3,6,8-10H2,1-2H3,(H,21,22);1H. The number of rotatable bonds is 9. The van der Waals surface area contributed by atoms with Crippen molar-refractivity contribution in [3.8, 4) is 11.5 Å². The van der Waals surface area contributed by atoms with Crippen molar-refractivity contribution in [1.82, 2.24) is 10.6 Å². The summed E-state index contributed by atoms with van der Waals surface area (Å²) in [5.74, 6) is 0.619. The van der Waals surface area contributed by atoms with Crippen molar-refractivity contribution in [2.45, 2.75) is 33.4 Å². The molecule has 0 aromatic heterocycles. The summed E-state index contributed by atoms with van der Waals surface area (Å²) >= 11 is 0. The Labute approximate surface area is 152 Å². The minimum absolute atomic E-state index is 0. The van der Waals surface area contributed by atoms with Crippen LogP contribution in [0.5, 0.6) is 11.5 Å². The second kappa shape index (κ2) is 10.4. The van der Waals surface area contributed by atoms with Gasteiger partial charge in [0.05, 0.1) is 6.61 Å². The molecule has 0 radical (unpaired) electrons. The monoisotopic (exact) mass is 378 g/mol. The van der Waals surface area contributed by atoms with Crippen molar-refractivity contribution < 1.29 is 23.0 Å². The van der Waals surface area contributed by atoms with Crippen molar-refractivity contribution >= 4 is 18.3 Å². The zero-order valence-corrected chi connectivity index (χ0v) is 15.2. The Hall–Kier alpha value is -1.60. The van der Waals surface area contributed by atoms with Gasteiger partial charge in [0.1, 0.15) is 11.5 Å². The summed E-state index contributed by atoms with van der Waals surface area (Å²) in [6.45, 7) is 3.20. The van der Waals surface area contributed by atoms with E-state index in [1.165, 1.54) is 6.07 Å². The molecule has 1 aromatic rings. The van der Waals surface area contributed by atoms with Gasteiger partial charge in [0.25, 0.3) is 0 Å². The van der Waals surface area contributed by atoms with Crippen LogP contribution in [0, 0.1) is 11.8 Å². The molecule has 1 saturated heterocycles. The zero-order chi connectivity index (χ0) is 17.5. The second-order valence-corrected chi connectivity index (χ2v) is 5.92. The van der Waals surface area contributed by atoms with E-state index in [2.05, 4.69) is 15.4 Å². The molecule has 142 valence electrons. The maximum Gasteiger partial charge on any atom is 0.387 e. The number of carbonyl (C=O) groups is 1. The quantitative estimate of drug-likeness (QED) is 0.693. The first-order chi connectivity index (χ1) is 11.5. The normalized spacial score (nSPS) is 15.1. The highest BCUT2D eigenvalue weighted by molar-refractivity contribution is 5.85. The molecule has 1 aliphatic heterocycles. The molecule has 1 fully saturated rings. The van der Waals surface area contributed by atoms with Crippen molar-refractivity contribution in [3.05, 3.63) is 23.8 Å². The number of carbonyl (C=O) groups excluding carboxylic acids is 1. The van der Waals surface area contributed by atoms with Crippen LogP contribution in [-0.2, 0) is 11.3 Å². The summed E-state index contributed by atoms with van der Waals surface area (Å²) in [7, 11) is 0. The summed E-state index contributed by atoms with van der Waals surface area (Å²) in [5, 5.41) is 5.92. The van der Waals surface area contributed by atoms with E-state index in [0.717, 1.165) is 19.5 Å². The predicted octanol–water partition coefficient (Wildman–Crippen LogP) is 2.97. The fraction of sp³-hybridized carbons (Fsp3) is 0.588. The highest BCUT2D eigenvalue weighted by atomic mass is 35.5. The first-order valence-corrected chi connectivity index (χ1v) is 8.20. The lowest BCUT2D eigenvalue weighted by Crippen LogP contribution is -2.49. The highest BCUT2D eigenvalue weighted by Crippen LogP contribution is 2.27. The molecule has 0 spiro atoms. The second-order valence-electron chi connectivity index (χ2n) is 5.92. The molecule has 0 bridgehead atoms. The first-order valence-electron chi connectivity index (χ1n) is 8.20. The molecule has 5 nitrogen and oxygen atoms in total. The first kappa shape index (κ1) is 21.4. The van der Waals surface area contributed by atoms with E-state index in [1.807, 2.05) is 13.8 Å². The molecule has 1 amide bonds. The maximum absolute atomic E-state index is 12.6. The molecule has 0 saturated carbocycles. The highest BCUT2D eigenvalue weighted by Gasteiger charge is 2.28. The van der Waals surface area contributed by atoms with Gasteiger partial charge in [-0.05, 0) is 37.6 Å². The smallest absolute Gasteiger partial charge is 0.387 e. The fourth-order valence-electron chi connectivity index (χ4n) is 2.42. The topological polar surface area (TPSA) is 59.6 Å². The van der Waals surface area contributed by atoms with E-state index in [1.54, 1.807) is 12.1 Å². The third-order valence-corrected chi connectivity index (χ3v) is 4.11. The number of benzene rings is 1. The average molecular weight is 379 g/mol. The van der Waals surface area contributed by atoms with E-state index in [0.29, 0.717) is 23.8 Å². The Morgan fingerprint density at radius 1 is 1.40 bits per heavy atom. The van der Waals surface area contributed by atoms with Gasteiger partial charge in [-0.3, -0.25) is 4.79 Å². The summed E-state index contributed by atoms with van der Waals surface area (Å²) in [6, 6.07) is 4.76. The molecule has 1 unspecified atom stereocenters. The van der Waals surface area contributed by atoms with Crippen LogP contribution >= 0.6 is 12.4 Å². The van der Waals surface area contributed by atoms with Crippen LogP contribution in [-0.4, -0.2) is 32.2 Å². The van der Waals surface area contributed by atoms with E-state index in [9.17, 15) is 13.6 Å². The summed E-state index contributed by atoms with van der Waals surface area (Å²) in [5.41, 5.74) is 0.492. The van der Waals surface area contributed by atoms with Crippen LogP contribution in [0.2, 0.25) is 0 Å². The van der Waals surface area contributed by atoms with Crippen LogP contribution < -0.4 is 20.1 Å². The van der Waals surface area contributed by atoms with Crippen LogP contribution in [0.15, 0.2) is 18.2 Å². The van der Waals surface area contributed by atoms with E-state index in [4.69, 9.17) is 4.74 Å². The van der Waals surface area contributed by atoms with Gasteiger partial charge >= 0.3 is 6.61 Å². The lowest BCUT2D eigenvalue weighted by molar-refractivity contribution is -0.126. The van der Waals surface area contributed by atoms with Crippen LogP contribution in [0.1, 0.15) is 25.8 Å². The molecule has 1 aliphatic rings. The molecule has 8 heteroatoms. The van der Waals surface area contributed by atoms with Crippen molar-refractivity contribution in [1.29, 1.82) is 0 Å². The Balaban J connectivity index is 0.00000312. The third kappa shape index (κ3) is 6.32. The van der Waals surface area contributed by atoms with E-state index >= 15 is 0 Å². The third-order valence-electron chi connectivity index (χ3n) is 4.11. The lowest BCUT2D eigenvalue weighted by Gasteiger charge is -2.31. The minimum atomic E-state index is -2.93. The van der Waals surface area contributed by atoms with Gasteiger partial charge in [0, 0.05) is 24.1 Å². The van der Waals surface area contributed by atoms with Gasteiger partial charge in [-0.2, -0.15) is 8.78 Å². The molecular weight excluding hydrogens is 354 g/mol. The van der Waals surface area contributed by atoms with Gasteiger partial charge in [0.15, 0.2) is 0 Å². The van der Waals surface area contributed by atoms with Gasteiger partial charge in [-0.1, -0.05) is 13.8 Å². The molecular formula is C17H25ClF2N2O3. The van der Waals surface area contributed by atoms with Crippen molar-refractivity contribution in [2.24, 2.45) is 11.8 Å². The Morgan fingerprint density at radius 2 is 2.12 bits per heavy atom.